The third-order valence-corrected chi connectivity index (χ3v) is 3.45. The average molecular weight is 341 g/mol. The molecular weight excluding hydrogens is 322 g/mol. The Balaban J connectivity index is 1.91. The van der Waals surface area contributed by atoms with Crippen LogP contribution in [0.3, 0.4) is 0 Å². The van der Waals surface area contributed by atoms with Gasteiger partial charge in [0.15, 0.2) is 17.2 Å². The molecule has 6 nitrogen and oxygen atoms in total. The Morgan fingerprint density at radius 2 is 1.84 bits per heavy atom. The van der Waals surface area contributed by atoms with Crippen LogP contribution in [-0.4, -0.2) is 25.1 Å². The summed E-state index contributed by atoms with van der Waals surface area (Å²) in [7, 11) is 0. The number of carbonyl (C=O) groups excluding carboxylic acids is 1. The van der Waals surface area contributed by atoms with Crippen LogP contribution >= 0.6 is 0 Å². The molecule has 130 valence electrons. The van der Waals surface area contributed by atoms with Crippen molar-refractivity contribution in [3.8, 4) is 11.5 Å². The lowest BCUT2D eigenvalue weighted by Crippen LogP contribution is -2.06. The first-order valence-electron chi connectivity index (χ1n) is 8.09. The van der Waals surface area contributed by atoms with Gasteiger partial charge in [0.2, 0.25) is 5.90 Å². The van der Waals surface area contributed by atoms with Gasteiger partial charge in [0.1, 0.15) is 11.5 Å². The van der Waals surface area contributed by atoms with Crippen LogP contribution in [0, 0.1) is 6.92 Å². The molecule has 6 heteroatoms. The second-order valence-electron chi connectivity index (χ2n) is 5.31. The molecule has 0 amide bonds. The van der Waals surface area contributed by atoms with Crippen LogP contribution < -0.4 is 9.47 Å². The molecule has 25 heavy (non-hydrogen) atoms. The summed E-state index contributed by atoms with van der Waals surface area (Å²) in [4.78, 5) is 16.3. The van der Waals surface area contributed by atoms with Crippen LogP contribution in [0.1, 0.15) is 30.9 Å². The number of furan rings is 1. The molecule has 0 saturated heterocycles. The zero-order valence-corrected chi connectivity index (χ0v) is 14.4. The highest BCUT2D eigenvalue weighted by atomic mass is 16.6. The maximum absolute atomic E-state index is 12.0. The van der Waals surface area contributed by atoms with E-state index in [9.17, 15) is 4.79 Å². The van der Waals surface area contributed by atoms with Crippen molar-refractivity contribution in [1.29, 1.82) is 0 Å². The first-order chi connectivity index (χ1) is 12.1. The van der Waals surface area contributed by atoms with Crippen molar-refractivity contribution in [2.24, 2.45) is 4.99 Å². The molecule has 2 aromatic rings. The average Bonchev–Trinajstić information content (AvgIpc) is 3.16. The second-order valence-corrected chi connectivity index (χ2v) is 5.31. The van der Waals surface area contributed by atoms with Gasteiger partial charge >= 0.3 is 5.97 Å². The monoisotopic (exact) mass is 341 g/mol. The highest BCUT2D eigenvalue weighted by Gasteiger charge is 2.25. The van der Waals surface area contributed by atoms with Gasteiger partial charge in [-0.2, -0.15) is 0 Å². The van der Waals surface area contributed by atoms with Gasteiger partial charge in [-0.25, -0.2) is 9.79 Å². The largest absolute Gasteiger partial charge is 0.490 e. The fourth-order valence-corrected chi connectivity index (χ4v) is 2.38. The van der Waals surface area contributed by atoms with E-state index in [4.69, 9.17) is 18.6 Å². The number of aliphatic imine (C=N–C) groups is 1. The van der Waals surface area contributed by atoms with E-state index in [1.807, 2.05) is 26.8 Å². The maximum atomic E-state index is 12.0. The van der Waals surface area contributed by atoms with E-state index in [1.54, 1.807) is 30.3 Å². The van der Waals surface area contributed by atoms with Gasteiger partial charge in [-0.15, -0.1) is 0 Å². The van der Waals surface area contributed by atoms with Crippen molar-refractivity contribution < 1.29 is 23.4 Å². The fourth-order valence-electron chi connectivity index (χ4n) is 2.38. The summed E-state index contributed by atoms with van der Waals surface area (Å²) in [5, 5.41) is 0. The van der Waals surface area contributed by atoms with Crippen LogP contribution in [-0.2, 0) is 9.53 Å². The van der Waals surface area contributed by atoms with Crippen molar-refractivity contribution in [2.45, 2.75) is 20.8 Å². The minimum atomic E-state index is -0.518. The first-order valence-corrected chi connectivity index (χ1v) is 8.09. The Bertz CT molecular complexity index is 847. The number of hydrogen-bond donors (Lipinski definition) is 0. The molecule has 0 radical (unpaired) electrons. The van der Waals surface area contributed by atoms with Crippen molar-refractivity contribution >= 4 is 17.9 Å². The van der Waals surface area contributed by atoms with Crippen molar-refractivity contribution in [2.75, 3.05) is 13.2 Å². The Morgan fingerprint density at radius 3 is 2.52 bits per heavy atom. The van der Waals surface area contributed by atoms with E-state index in [1.165, 1.54) is 0 Å². The van der Waals surface area contributed by atoms with Crippen LogP contribution in [0.2, 0.25) is 0 Å². The molecule has 0 spiro atoms. The molecule has 0 saturated carbocycles. The third-order valence-electron chi connectivity index (χ3n) is 3.45. The Kier molecular flexibility index (Phi) is 4.88. The van der Waals surface area contributed by atoms with Gasteiger partial charge in [-0.1, -0.05) is 0 Å². The van der Waals surface area contributed by atoms with E-state index >= 15 is 0 Å². The normalized spacial score (nSPS) is 15.2. The molecule has 2 heterocycles. The predicted octanol–water partition coefficient (Wildman–Crippen LogP) is 3.73. The quantitative estimate of drug-likeness (QED) is 0.591. The van der Waals surface area contributed by atoms with Gasteiger partial charge in [-0.3, -0.25) is 0 Å². The molecule has 0 aliphatic carbocycles. The van der Waals surface area contributed by atoms with Gasteiger partial charge in [0, 0.05) is 11.6 Å². The second kappa shape index (κ2) is 7.25. The summed E-state index contributed by atoms with van der Waals surface area (Å²) < 4.78 is 21.8. The van der Waals surface area contributed by atoms with Crippen molar-refractivity contribution in [3.63, 3.8) is 0 Å². The van der Waals surface area contributed by atoms with E-state index < -0.39 is 5.97 Å². The Hall–Kier alpha value is -3.02. The van der Waals surface area contributed by atoms with E-state index in [0.717, 1.165) is 5.76 Å². The number of rotatable bonds is 6. The van der Waals surface area contributed by atoms with Gasteiger partial charge < -0.3 is 18.6 Å². The molecule has 0 N–H and O–H groups in total. The summed E-state index contributed by atoms with van der Waals surface area (Å²) in [6.45, 7) is 6.66. The highest BCUT2D eigenvalue weighted by molar-refractivity contribution is 6.12. The zero-order valence-electron chi connectivity index (χ0n) is 14.4. The minimum Gasteiger partial charge on any atom is -0.490 e. The maximum Gasteiger partial charge on any atom is 0.363 e. The van der Waals surface area contributed by atoms with Gasteiger partial charge in [-0.05, 0) is 51.1 Å². The summed E-state index contributed by atoms with van der Waals surface area (Å²) in [5.41, 5.74) is 0.829. The third kappa shape index (κ3) is 3.74. The number of cyclic esters (lactones) is 1. The zero-order chi connectivity index (χ0) is 17.8. The number of benzene rings is 1. The first kappa shape index (κ1) is 16.8. The topological polar surface area (TPSA) is 70.3 Å². The summed E-state index contributed by atoms with van der Waals surface area (Å²) in [6.07, 6.45) is 1.56. The molecule has 0 fully saturated rings. The summed E-state index contributed by atoms with van der Waals surface area (Å²) in [5.74, 6) is 2.24. The smallest absolute Gasteiger partial charge is 0.363 e. The van der Waals surface area contributed by atoms with Crippen LogP contribution in [0.4, 0.5) is 0 Å². The molecule has 0 atom stereocenters. The number of ether oxygens (including phenoxy) is 3. The van der Waals surface area contributed by atoms with Gasteiger partial charge in [0.25, 0.3) is 0 Å². The molecule has 1 aromatic heterocycles. The Labute approximate surface area is 145 Å². The molecule has 1 aliphatic rings. The number of esters is 1. The molecule has 1 aliphatic heterocycles. The van der Waals surface area contributed by atoms with Crippen molar-refractivity contribution in [1.82, 2.24) is 0 Å². The number of aryl methyl sites for hydroxylation is 1. The standard InChI is InChI=1S/C19H19NO5/c1-4-22-16-9-7-13(10-17(16)23-5-2)18-20-15(19(21)25-18)11-14-8-6-12(3)24-14/h6-11H,4-5H2,1-3H3/b15-11-. The van der Waals surface area contributed by atoms with Gasteiger partial charge in [0.05, 0.1) is 13.2 Å². The molecule has 1 aromatic carbocycles. The van der Waals surface area contributed by atoms with Crippen LogP contribution in [0.5, 0.6) is 11.5 Å². The summed E-state index contributed by atoms with van der Waals surface area (Å²) >= 11 is 0. The number of carbonyl (C=O) groups is 1. The number of nitrogens with zero attached hydrogens (tertiary/aromatic N) is 1. The van der Waals surface area contributed by atoms with E-state index in [2.05, 4.69) is 4.99 Å². The number of hydrogen-bond acceptors (Lipinski definition) is 6. The molecule has 3 rings (SSSR count). The molecule has 0 unspecified atom stereocenters. The fraction of sp³-hybridized carbons (Fsp3) is 0.263. The predicted molar refractivity (Wildman–Crippen MR) is 92.8 cm³/mol. The Morgan fingerprint density at radius 1 is 1.08 bits per heavy atom. The lowest BCUT2D eigenvalue weighted by Gasteiger charge is -2.11. The SMILES string of the molecule is CCOc1ccc(C2=N/C(=C\c3ccc(C)o3)C(=O)O2)cc1OCC. The highest BCUT2D eigenvalue weighted by Crippen LogP contribution is 2.30. The van der Waals surface area contributed by atoms with E-state index in [0.29, 0.717) is 36.0 Å². The van der Waals surface area contributed by atoms with Crippen molar-refractivity contribution in [3.05, 3.63) is 53.1 Å². The van der Waals surface area contributed by atoms with Crippen LogP contribution in [0.25, 0.3) is 6.08 Å². The molecule has 0 bridgehead atoms. The van der Waals surface area contributed by atoms with Crippen LogP contribution in [0.15, 0.2) is 45.4 Å². The van der Waals surface area contributed by atoms with E-state index in [-0.39, 0.29) is 11.6 Å². The lowest BCUT2D eigenvalue weighted by atomic mass is 10.2. The molecular formula is C19H19NO5. The minimum absolute atomic E-state index is 0.191. The lowest BCUT2D eigenvalue weighted by molar-refractivity contribution is -0.129. The summed E-state index contributed by atoms with van der Waals surface area (Å²) in [6, 6.07) is 8.89.